The number of allylic oxidation sites excluding steroid dienone is 2. The van der Waals surface area contributed by atoms with E-state index < -0.39 is 12.1 Å². The minimum Gasteiger partial charge on any atom is -0.350 e. The zero-order valence-electron chi connectivity index (χ0n) is 21.4. The molecule has 35 heavy (non-hydrogen) atoms. The van der Waals surface area contributed by atoms with Crippen molar-refractivity contribution in [3.63, 3.8) is 0 Å². The van der Waals surface area contributed by atoms with E-state index in [-0.39, 0.29) is 28.8 Å². The zero-order chi connectivity index (χ0) is 25.1. The molecule has 3 aliphatic heterocycles. The third-order valence-electron chi connectivity index (χ3n) is 9.20. The van der Waals surface area contributed by atoms with Crippen molar-refractivity contribution in [2.24, 2.45) is 33.2 Å². The van der Waals surface area contributed by atoms with Gasteiger partial charge in [0.25, 0.3) is 0 Å². The molecule has 6 unspecified atom stereocenters. The number of nitrogens with two attached hydrogens (primary N) is 2. The Hall–Kier alpha value is -1.83. The lowest BCUT2D eigenvalue weighted by Gasteiger charge is -2.43. The summed E-state index contributed by atoms with van der Waals surface area (Å²) < 4.78 is 0. The number of hydrogen-bond acceptors (Lipinski definition) is 8. The fourth-order valence-electron chi connectivity index (χ4n) is 7.03. The van der Waals surface area contributed by atoms with Crippen LogP contribution in [0, 0.1) is 28.1 Å². The number of piperazine rings is 1. The fourth-order valence-corrected chi connectivity index (χ4v) is 7.03. The Bertz CT molecular complexity index is 860. The summed E-state index contributed by atoms with van der Waals surface area (Å²) in [6.45, 7) is 10.1. The van der Waals surface area contributed by atoms with Crippen LogP contribution in [0.2, 0.25) is 0 Å². The average molecular weight is 485 g/mol. The molecule has 6 atom stereocenters. The predicted molar refractivity (Wildman–Crippen MR) is 139 cm³/mol. The molecule has 9 nitrogen and oxygen atoms in total. The predicted octanol–water partition coefficient (Wildman–Crippen LogP) is 0.478. The van der Waals surface area contributed by atoms with Crippen LogP contribution in [-0.2, 0) is 4.79 Å². The Morgan fingerprint density at radius 1 is 1.29 bits per heavy atom. The second-order valence-electron chi connectivity index (χ2n) is 11.0. The second kappa shape index (κ2) is 11.1. The molecule has 0 aromatic carbocycles. The van der Waals surface area contributed by atoms with Crippen LogP contribution in [0.5, 0.6) is 0 Å². The Kier molecular flexibility index (Phi) is 8.29. The lowest BCUT2D eigenvalue weighted by atomic mass is 9.77. The molecule has 1 aliphatic carbocycles. The number of piperidine rings is 1. The number of carbonyl (C=O) groups is 1. The first kappa shape index (κ1) is 26.2. The summed E-state index contributed by atoms with van der Waals surface area (Å²) in [5, 5.41) is 19.6. The van der Waals surface area contributed by atoms with E-state index in [0.29, 0.717) is 12.5 Å². The van der Waals surface area contributed by atoms with Gasteiger partial charge in [0.15, 0.2) is 0 Å². The fraction of sp³-hybridized carbons (Fsp3) is 0.808. The Morgan fingerprint density at radius 2 is 2.06 bits per heavy atom. The van der Waals surface area contributed by atoms with Gasteiger partial charge in [-0.25, -0.2) is 0 Å². The number of nitrogens with zero attached hydrogens (tertiary/aromatic N) is 3. The smallest absolute Gasteiger partial charge is 0.228 e. The molecule has 1 saturated carbocycles. The highest BCUT2D eigenvalue weighted by Crippen LogP contribution is 2.72. The van der Waals surface area contributed by atoms with Crippen molar-refractivity contribution in [3.05, 3.63) is 11.6 Å². The monoisotopic (exact) mass is 484 g/mol. The maximum atomic E-state index is 13.8. The first-order chi connectivity index (χ1) is 16.9. The van der Waals surface area contributed by atoms with Crippen LogP contribution in [0.3, 0.4) is 0 Å². The standard InChI is InChI=1S/C26H44N8O/c1-3-25-13-18(5-7-27)15-32-19(14-26(25,4-2)17-25)22(23(28)29)24(35)33-20-16-31-8-6-21(20)34-11-9-30-10-12-34/h13,15,19-23,30-31H,3-6,8-12,14,16-17,28-29H2,1-2H3,(H,33,35)/b18-13-,32-15?. The highest BCUT2D eigenvalue weighted by molar-refractivity contribution is 5.83. The summed E-state index contributed by atoms with van der Waals surface area (Å²) in [4.78, 5) is 21.1. The summed E-state index contributed by atoms with van der Waals surface area (Å²) in [7, 11) is 0. The lowest BCUT2D eigenvalue weighted by molar-refractivity contribution is -0.128. The van der Waals surface area contributed by atoms with E-state index in [1.54, 1.807) is 6.21 Å². The van der Waals surface area contributed by atoms with Crippen molar-refractivity contribution < 1.29 is 4.79 Å². The van der Waals surface area contributed by atoms with Crippen LogP contribution in [-0.4, -0.2) is 80.6 Å². The molecular weight excluding hydrogens is 440 g/mol. The van der Waals surface area contributed by atoms with Gasteiger partial charge in [0.05, 0.1) is 36.7 Å². The normalized spacial score (nSPS) is 37.8. The number of rotatable bonds is 8. The van der Waals surface area contributed by atoms with E-state index >= 15 is 0 Å². The van der Waals surface area contributed by atoms with Gasteiger partial charge in [-0.1, -0.05) is 19.9 Å². The molecule has 4 aliphatic rings. The SMILES string of the molecule is CCC12/C=C(/CC#N)C=NC(C(C(=O)NC3CNCCC3N3CCNCC3)C(N)N)CC1(CC)C2. The molecule has 2 saturated heterocycles. The molecule has 0 spiro atoms. The van der Waals surface area contributed by atoms with E-state index in [2.05, 4.69) is 46.8 Å². The van der Waals surface area contributed by atoms with Gasteiger partial charge < -0.3 is 27.4 Å². The highest BCUT2D eigenvalue weighted by Gasteiger charge is 2.64. The second-order valence-corrected chi connectivity index (χ2v) is 11.0. The van der Waals surface area contributed by atoms with Crippen molar-refractivity contribution in [1.29, 1.82) is 5.26 Å². The average Bonchev–Trinajstić information content (AvgIpc) is 3.47. The highest BCUT2D eigenvalue weighted by atomic mass is 16.2. The molecule has 3 fully saturated rings. The lowest BCUT2D eigenvalue weighted by Crippen LogP contribution is -2.64. The molecular formula is C26H44N8O. The third-order valence-corrected chi connectivity index (χ3v) is 9.20. The van der Waals surface area contributed by atoms with Gasteiger partial charge in [-0.2, -0.15) is 5.26 Å². The van der Waals surface area contributed by atoms with E-state index in [9.17, 15) is 10.1 Å². The van der Waals surface area contributed by atoms with Gasteiger partial charge in [0, 0.05) is 45.0 Å². The maximum Gasteiger partial charge on any atom is 0.228 e. The molecule has 9 heteroatoms. The van der Waals surface area contributed by atoms with Crippen LogP contribution < -0.4 is 27.4 Å². The van der Waals surface area contributed by atoms with Gasteiger partial charge >= 0.3 is 0 Å². The Labute approximate surface area is 210 Å². The van der Waals surface area contributed by atoms with Gasteiger partial charge in [0.2, 0.25) is 5.91 Å². The molecule has 3 heterocycles. The van der Waals surface area contributed by atoms with E-state index in [4.69, 9.17) is 16.5 Å². The van der Waals surface area contributed by atoms with Gasteiger partial charge in [-0.3, -0.25) is 14.7 Å². The van der Waals surface area contributed by atoms with Crippen molar-refractivity contribution in [1.82, 2.24) is 20.9 Å². The van der Waals surface area contributed by atoms with Gasteiger partial charge in [0.1, 0.15) is 0 Å². The van der Waals surface area contributed by atoms with Crippen molar-refractivity contribution >= 4 is 12.1 Å². The van der Waals surface area contributed by atoms with E-state index in [1.165, 1.54) is 0 Å². The summed E-state index contributed by atoms with van der Waals surface area (Å²) in [6.07, 6.45) is 8.48. The molecule has 0 aromatic heterocycles. The quantitative estimate of drug-likeness (QED) is 0.315. The molecule has 7 N–H and O–H groups in total. The van der Waals surface area contributed by atoms with E-state index in [1.807, 2.05) is 0 Å². The largest absolute Gasteiger partial charge is 0.350 e. The van der Waals surface area contributed by atoms with Crippen LogP contribution in [0.1, 0.15) is 52.4 Å². The number of carbonyl (C=O) groups excluding carboxylic acids is 1. The van der Waals surface area contributed by atoms with Gasteiger partial charge in [-0.15, -0.1) is 0 Å². The summed E-state index contributed by atoms with van der Waals surface area (Å²) in [5.41, 5.74) is 13.7. The summed E-state index contributed by atoms with van der Waals surface area (Å²) in [5.74, 6) is -0.715. The van der Waals surface area contributed by atoms with Crippen molar-refractivity contribution in [2.75, 3.05) is 39.3 Å². The van der Waals surface area contributed by atoms with E-state index in [0.717, 1.165) is 76.9 Å². The topological polar surface area (TPSA) is 145 Å². The van der Waals surface area contributed by atoms with Crippen molar-refractivity contribution in [3.8, 4) is 6.07 Å². The number of nitriles is 1. The van der Waals surface area contributed by atoms with Gasteiger partial charge in [-0.05, 0) is 55.1 Å². The number of aliphatic imine (C=N–C) groups is 1. The third kappa shape index (κ3) is 5.32. The minimum absolute atomic E-state index is 0.0120. The zero-order valence-corrected chi connectivity index (χ0v) is 21.4. The van der Waals surface area contributed by atoms with Crippen LogP contribution in [0.25, 0.3) is 0 Å². The molecule has 0 radical (unpaired) electrons. The first-order valence-electron chi connectivity index (χ1n) is 13.5. The molecule has 194 valence electrons. The Balaban J connectivity index is 1.55. The molecule has 4 rings (SSSR count). The summed E-state index contributed by atoms with van der Waals surface area (Å²) in [6, 6.07) is 2.29. The number of hydrogen-bond donors (Lipinski definition) is 5. The van der Waals surface area contributed by atoms with Crippen LogP contribution >= 0.6 is 0 Å². The summed E-state index contributed by atoms with van der Waals surface area (Å²) >= 11 is 0. The van der Waals surface area contributed by atoms with Crippen LogP contribution in [0.15, 0.2) is 16.6 Å². The molecule has 1 amide bonds. The number of nitrogens with one attached hydrogen (secondary N) is 3. The number of fused-ring (bicyclic) bond motifs is 1. The number of amides is 1. The first-order valence-corrected chi connectivity index (χ1v) is 13.5. The molecule has 0 aromatic rings. The van der Waals surface area contributed by atoms with Crippen LogP contribution in [0.4, 0.5) is 0 Å². The van der Waals surface area contributed by atoms with Crippen molar-refractivity contribution in [2.45, 2.75) is 76.7 Å². The Morgan fingerprint density at radius 3 is 2.71 bits per heavy atom. The molecule has 0 bridgehead atoms. The minimum atomic E-state index is -0.808. The maximum absolute atomic E-state index is 13.8.